The van der Waals surface area contributed by atoms with Crippen molar-refractivity contribution < 1.29 is 4.79 Å². The summed E-state index contributed by atoms with van der Waals surface area (Å²) in [6, 6.07) is 9.13. The highest BCUT2D eigenvalue weighted by Gasteiger charge is 2.36. The molecular weight excluding hydrogens is 280 g/mol. The van der Waals surface area contributed by atoms with E-state index in [4.69, 9.17) is 5.73 Å². The molecule has 1 atom stereocenters. The van der Waals surface area contributed by atoms with Crippen molar-refractivity contribution in [3.05, 3.63) is 35.4 Å². The van der Waals surface area contributed by atoms with Crippen LogP contribution in [0.25, 0.3) is 0 Å². The lowest BCUT2D eigenvalue weighted by Gasteiger charge is -2.27. The molecule has 1 aromatic rings. The van der Waals surface area contributed by atoms with Gasteiger partial charge in [0.1, 0.15) is 0 Å². The molecule has 0 radical (unpaired) electrons. The van der Waals surface area contributed by atoms with Crippen LogP contribution in [0.4, 0.5) is 0 Å². The number of thioether (sulfide) groups is 1. The van der Waals surface area contributed by atoms with Crippen molar-refractivity contribution in [1.82, 2.24) is 5.32 Å². The summed E-state index contributed by atoms with van der Waals surface area (Å²) in [5.41, 5.74) is 7.70. The summed E-state index contributed by atoms with van der Waals surface area (Å²) in [5, 5.41) is 3.40. The molecule has 0 aromatic heterocycles. The average molecular weight is 306 g/mol. The van der Waals surface area contributed by atoms with Crippen molar-refractivity contribution in [1.29, 1.82) is 0 Å². The highest BCUT2D eigenvalue weighted by Crippen LogP contribution is 2.25. The first-order chi connectivity index (χ1) is 9.99. The molecule has 21 heavy (non-hydrogen) atoms. The maximum atomic E-state index is 11.7. The lowest BCUT2D eigenvalue weighted by molar-refractivity contribution is -0.124. The fourth-order valence-electron chi connectivity index (χ4n) is 2.46. The zero-order valence-electron chi connectivity index (χ0n) is 13.0. The van der Waals surface area contributed by atoms with Gasteiger partial charge in [0.15, 0.2) is 0 Å². The molecule has 0 spiro atoms. The first-order valence-corrected chi connectivity index (χ1v) is 8.86. The molecule has 1 saturated carbocycles. The minimum Gasteiger partial charge on any atom is -0.368 e. The SMILES string of the molecule is Cc1cccc(CSCCCC(C)(NC2CC2)C(N)=O)c1. The predicted molar refractivity (Wildman–Crippen MR) is 90.3 cm³/mol. The third-order valence-electron chi connectivity index (χ3n) is 3.96. The van der Waals surface area contributed by atoms with Crippen LogP contribution in [0.3, 0.4) is 0 Å². The van der Waals surface area contributed by atoms with Crippen LogP contribution in [-0.2, 0) is 10.5 Å². The zero-order valence-corrected chi connectivity index (χ0v) is 13.8. The van der Waals surface area contributed by atoms with Gasteiger partial charge in [-0.25, -0.2) is 0 Å². The number of nitrogens with one attached hydrogen (secondary N) is 1. The van der Waals surface area contributed by atoms with Crippen LogP contribution in [0, 0.1) is 6.92 Å². The molecule has 4 heteroatoms. The summed E-state index contributed by atoms with van der Waals surface area (Å²) in [6.45, 7) is 4.06. The molecule has 0 bridgehead atoms. The fourth-order valence-corrected chi connectivity index (χ4v) is 3.37. The Morgan fingerprint density at radius 1 is 1.48 bits per heavy atom. The molecule has 3 nitrogen and oxygen atoms in total. The van der Waals surface area contributed by atoms with Gasteiger partial charge in [0.05, 0.1) is 5.54 Å². The smallest absolute Gasteiger partial charge is 0.237 e. The Kier molecular flexibility index (Phi) is 5.71. The van der Waals surface area contributed by atoms with E-state index in [1.165, 1.54) is 24.0 Å². The van der Waals surface area contributed by atoms with E-state index in [2.05, 4.69) is 36.5 Å². The number of hydrogen-bond donors (Lipinski definition) is 2. The second-order valence-electron chi connectivity index (χ2n) is 6.26. The first kappa shape index (κ1) is 16.4. The van der Waals surface area contributed by atoms with Gasteiger partial charge in [0.2, 0.25) is 5.91 Å². The highest BCUT2D eigenvalue weighted by molar-refractivity contribution is 7.98. The van der Waals surface area contributed by atoms with E-state index >= 15 is 0 Å². The normalized spacial score (nSPS) is 17.4. The average Bonchev–Trinajstić information content (AvgIpc) is 3.22. The molecular formula is C17H26N2OS. The van der Waals surface area contributed by atoms with Crippen molar-refractivity contribution in [3.63, 3.8) is 0 Å². The Bertz CT molecular complexity index is 487. The van der Waals surface area contributed by atoms with Crippen LogP contribution in [0.5, 0.6) is 0 Å². The number of primary amides is 1. The monoisotopic (exact) mass is 306 g/mol. The van der Waals surface area contributed by atoms with E-state index in [1.54, 1.807) is 0 Å². The van der Waals surface area contributed by atoms with Gasteiger partial charge in [-0.15, -0.1) is 0 Å². The largest absolute Gasteiger partial charge is 0.368 e. The molecule has 1 amide bonds. The van der Waals surface area contributed by atoms with Crippen LogP contribution >= 0.6 is 11.8 Å². The molecule has 1 fully saturated rings. The number of hydrogen-bond acceptors (Lipinski definition) is 3. The Labute approximate surface area is 132 Å². The summed E-state index contributed by atoms with van der Waals surface area (Å²) in [6.07, 6.45) is 4.17. The number of carbonyl (C=O) groups excluding carboxylic acids is 1. The third-order valence-corrected chi connectivity index (χ3v) is 5.08. The summed E-state index contributed by atoms with van der Waals surface area (Å²) in [7, 11) is 0. The molecule has 3 N–H and O–H groups in total. The van der Waals surface area contributed by atoms with Gasteiger partial charge < -0.3 is 11.1 Å². The first-order valence-electron chi connectivity index (χ1n) is 7.70. The standard InChI is InChI=1S/C17H26N2OS/c1-13-5-3-6-14(11-13)12-21-10-4-9-17(2,16(18)20)19-15-7-8-15/h3,5-6,11,15,19H,4,7-10,12H2,1-2H3,(H2,18,20). The van der Waals surface area contributed by atoms with Crippen LogP contribution < -0.4 is 11.1 Å². The van der Waals surface area contributed by atoms with Gasteiger partial charge in [0.25, 0.3) is 0 Å². The zero-order chi connectivity index (χ0) is 15.3. The van der Waals surface area contributed by atoms with E-state index in [0.717, 1.165) is 24.3 Å². The summed E-state index contributed by atoms with van der Waals surface area (Å²) in [5.74, 6) is 1.87. The van der Waals surface area contributed by atoms with Crippen LogP contribution in [0.2, 0.25) is 0 Å². The van der Waals surface area contributed by atoms with E-state index < -0.39 is 5.54 Å². The molecule has 1 unspecified atom stereocenters. The van der Waals surface area contributed by atoms with Gasteiger partial charge in [-0.3, -0.25) is 4.79 Å². The molecule has 0 heterocycles. The number of aryl methyl sites for hydroxylation is 1. The fraction of sp³-hybridized carbons (Fsp3) is 0.588. The van der Waals surface area contributed by atoms with Gasteiger partial charge >= 0.3 is 0 Å². The molecule has 0 aliphatic heterocycles. The predicted octanol–water partition coefficient (Wildman–Crippen LogP) is 3.00. The minimum absolute atomic E-state index is 0.224. The van der Waals surface area contributed by atoms with Gasteiger partial charge in [0, 0.05) is 11.8 Å². The van der Waals surface area contributed by atoms with Crippen LogP contribution in [0.1, 0.15) is 43.7 Å². The van der Waals surface area contributed by atoms with Crippen molar-refractivity contribution >= 4 is 17.7 Å². The summed E-state index contributed by atoms with van der Waals surface area (Å²) < 4.78 is 0. The maximum absolute atomic E-state index is 11.7. The Balaban J connectivity index is 1.69. The summed E-state index contributed by atoms with van der Waals surface area (Å²) >= 11 is 1.92. The number of carbonyl (C=O) groups is 1. The minimum atomic E-state index is -0.537. The van der Waals surface area contributed by atoms with E-state index in [1.807, 2.05) is 18.7 Å². The van der Waals surface area contributed by atoms with Gasteiger partial charge in [-0.1, -0.05) is 29.8 Å². The van der Waals surface area contributed by atoms with Crippen molar-refractivity contribution in [2.24, 2.45) is 5.73 Å². The highest BCUT2D eigenvalue weighted by atomic mass is 32.2. The Hall–Kier alpha value is -1.00. The van der Waals surface area contributed by atoms with Crippen molar-refractivity contribution in [2.75, 3.05) is 5.75 Å². The molecule has 1 aliphatic carbocycles. The molecule has 1 aromatic carbocycles. The summed E-state index contributed by atoms with van der Waals surface area (Å²) in [4.78, 5) is 11.7. The van der Waals surface area contributed by atoms with E-state index in [9.17, 15) is 4.79 Å². The quantitative estimate of drug-likeness (QED) is 0.690. The number of benzene rings is 1. The van der Waals surface area contributed by atoms with Gasteiger partial charge in [-0.05, 0) is 50.8 Å². The lowest BCUT2D eigenvalue weighted by atomic mass is 9.95. The maximum Gasteiger partial charge on any atom is 0.237 e. The number of amides is 1. The Morgan fingerprint density at radius 2 is 2.24 bits per heavy atom. The molecule has 116 valence electrons. The van der Waals surface area contributed by atoms with Crippen LogP contribution in [0.15, 0.2) is 24.3 Å². The molecule has 2 rings (SSSR count). The van der Waals surface area contributed by atoms with Crippen LogP contribution in [-0.4, -0.2) is 23.2 Å². The molecule has 0 saturated heterocycles. The Morgan fingerprint density at radius 3 is 2.86 bits per heavy atom. The second-order valence-corrected chi connectivity index (χ2v) is 7.37. The second kappa shape index (κ2) is 7.32. The van der Waals surface area contributed by atoms with Crippen molar-refractivity contribution in [3.8, 4) is 0 Å². The number of nitrogens with two attached hydrogens (primary N) is 1. The van der Waals surface area contributed by atoms with E-state index in [0.29, 0.717) is 6.04 Å². The lowest BCUT2D eigenvalue weighted by Crippen LogP contribution is -2.54. The topological polar surface area (TPSA) is 55.1 Å². The van der Waals surface area contributed by atoms with Gasteiger partial charge in [-0.2, -0.15) is 11.8 Å². The number of rotatable bonds is 9. The molecule has 1 aliphatic rings. The van der Waals surface area contributed by atoms with Crippen molar-refractivity contribution in [2.45, 2.75) is 56.9 Å². The third kappa shape index (κ3) is 5.36. The van der Waals surface area contributed by atoms with E-state index in [-0.39, 0.29) is 5.91 Å².